The van der Waals surface area contributed by atoms with Crippen LogP contribution in [-0.4, -0.2) is 20.0 Å². The summed E-state index contributed by atoms with van der Waals surface area (Å²) in [5.41, 5.74) is 6.13. The molecule has 3 N–H and O–H groups in total. The molecule has 21 heavy (non-hydrogen) atoms. The van der Waals surface area contributed by atoms with Gasteiger partial charge in [0, 0.05) is 12.1 Å². The van der Waals surface area contributed by atoms with Crippen LogP contribution in [0, 0.1) is 5.41 Å². The molecular formula is C14H19ClN2O2S2. The van der Waals surface area contributed by atoms with Gasteiger partial charge in [0.05, 0.1) is 5.02 Å². The minimum Gasteiger partial charge on any atom is -0.389 e. The number of rotatable bonds is 6. The van der Waals surface area contributed by atoms with Crippen LogP contribution in [0.15, 0.2) is 23.1 Å². The normalized spacial score (nSPS) is 17.2. The van der Waals surface area contributed by atoms with Crippen molar-refractivity contribution in [3.8, 4) is 0 Å². The van der Waals surface area contributed by atoms with E-state index in [1.165, 1.54) is 12.1 Å². The highest BCUT2D eigenvalue weighted by molar-refractivity contribution is 7.89. The second kappa shape index (κ2) is 6.20. The highest BCUT2D eigenvalue weighted by Gasteiger charge is 2.36. The van der Waals surface area contributed by atoms with Crippen molar-refractivity contribution in [1.82, 2.24) is 4.72 Å². The molecular weight excluding hydrogens is 328 g/mol. The van der Waals surface area contributed by atoms with Crippen molar-refractivity contribution in [3.63, 3.8) is 0 Å². The fourth-order valence-corrected chi connectivity index (χ4v) is 4.33. The Bertz CT molecular complexity index is 649. The maximum absolute atomic E-state index is 12.5. The smallest absolute Gasteiger partial charge is 0.242 e. The van der Waals surface area contributed by atoms with Crippen LogP contribution in [0.5, 0.6) is 0 Å². The SMILES string of the molecule is CCC1(CNS(=O)(=O)c2cc(C(N)=S)ccc2Cl)CCC1. The summed E-state index contributed by atoms with van der Waals surface area (Å²) in [6, 6.07) is 4.54. The second-order valence-corrected chi connectivity index (χ2v) is 8.12. The fraction of sp³-hybridized carbons (Fsp3) is 0.500. The van der Waals surface area contributed by atoms with E-state index in [1.54, 1.807) is 6.07 Å². The minimum absolute atomic E-state index is 0.0278. The zero-order valence-electron chi connectivity index (χ0n) is 11.9. The quantitative estimate of drug-likeness (QED) is 0.777. The van der Waals surface area contributed by atoms with Crippen molar-refractivity contribution in [1.29, 1.82) is 0 Å². The molecule has 0 heterocycles. The lowest BCUT2D eigenvalue weighted by Crippen LogP contribution is -2.41. The Hall–Kier alpha value is -0.690. The molecule has 0 aliphatic heterocycles. The number of sulfonamides is 1. The Morgan fingerprint density at radius 1 is 1.48 bits per heavy atom. The molecule has 1 saturated carbocycles. The van der Waals surface area contributed by atoms with Crippen molar-refractivity contribution in [2.75, 3.05) is 6.54 Å². The third-order valence-electron chi connectivity index (χ3n) is 4.31. The lowest BCUT2D eigenvalue weighted by molar-refractivity contribution is 0.133. The van der Waals surface area contributed by atoms with E-state index >= 15 is 0 Å². The number of hydrogen-bond donors (Lipinski definition) is 2. The van der Waals surface area contributed by atoms with E-state index in [1.807, 2.05) is 0 Å². The molecule has 1 fully saturated rings. The molecule has 0 radical (unpaired) electrons. The molecule has 1 aromatic rings. The molecule has 0 amide bonds. The van der Waals surface area contributed by atoms with Gasteiger partial charge in [-0.05, 0) is 36.8 Å². The summed E-state index contributed by atoms with van der Waals surface area (Å²) in [6.07, 6.45) is 4.25. The second-order valence-electron chi connectivity index (χ2n) is 5.54. The van der Waals surface area contributed by atoms with Crippen LogP contribution in [0.2, 0.25) is 5.02 Å². The Balaban J connectivity index is 2.23. The third kappa shape index (κ3) is 3.56. The fourth-order valence-electron chi connectivity index (χ4n) is 2.52. The van der Waals surface area contributed by atoms with Gasteiger partial charge in [0.1, 0.15) is 9.88 Å². The van der Waals surface area contributed by atoms with Crippen molar-refractivity contribution in [2.24, 2.45) is 11.1 Å². The summed E-state index contributed by atoms with van der Waals surface area (Å²) < 4.78 is 27.6. The zero-order valence-corrected chi connectivity index (χ0v) is 14.2. The standard InChI is InChI=1S/C14H19ClN2O2S2/c1-2-14(6-3-7-14)9-17-21(18,19)12-8-10(13(16)20)4-5-11(12)15/h4-5,8,17H,2-3,6-7,9H2,1H3,(H2,16,20). The van der Waals surface area contributed by atoms with Crippen LogP contribution < -0.4 is 10.5 Å². The monoisotopic (exact) mass is 346 g/mol. The van der Waals surface area contributed by atoms with Gasteiger partial charge in [0.25, 0.3) is 0 Å². The van der Waals surface area contributed by atoms with Crippen LogP contribution in [0.3, 0.4) is 0 Å². The van der Waals surface area contributed by atoms with Gasteiger partial charge in [-0.2, -0.15) is 0 Å². The van der Waals surface area contributed by atoms with Gasteiger partial charge in [0.15, 0.2) is 0 Å². The summed E-state index contributed by atoms with van der Waals surface area (Å²) in [5.74, 6) is 0. The van der Waals surface area contributed by atoms with Gasteiger partial charge >= 0.3 is 0 Å². The number of halogens is 1. The van der Waals surface area contributed by atoms with Crippen molar-refractivity contribution >= 4 is 38.8 Å². The van der Waals surface area contributed by atoms with Crippen LogP contribution in [-0.2, 0) is 10.0 Å². The number of benzene rings is 1. The maximum atomic E-state index is 12.5. The molecule has 0 bridgehead atoms. The van der Waals surface area contributed by atoms with Gasteiger partial charge in [-0.3, -0.25) is 0 Å². The van der Waals surface area contributed by atoms with E-state index in [2.05, 4.69) is 11.6 Å². The summed E-state index contributed by atoms with van der Waals surface area (Å²) >= 11 is 10.9. The first-order chi connectivity index (χ1) is 9.80. The summed E-state index contributed by atoms with van der Waals surface area (Å²) in [4.78, 5) is 0.173. The van der Waals surface area contributed by atoms with Crippen LogP contribution >= 0.6 is 23.8 Å². The van der Waals surface area contributed by atoms with Crippen molar-refractivity contribution < 1.29 is 8.42 Å². The molecule has 1 aliphatic carbocycles. The highest BCUT2D eigenvalue weighted by Crippen LogP contribution is 2.43. The Morgan fingerprint density at radius 3 is 2.62 bits per heavy atom. The molecule has 116 valence electrons. The molecule has 4 nitrogen and oxygen atoms in total. The number of nitrogens with one attached hydrogen (secondary N) is 1. The van der Waals surface area contributed by atoms with Crippen LogP contribution in [0.25, 0.3) is 0 Å². The summed E-state index contributed by atoms with van der Waals surface area (Å²) in [6.45, 7) is 2.54. The molecule has 1 aliphatic rings. The molecule has 0 spiro atoms. The molecule has 0 aromatic heterocycles. The topological polar surface area (TPSA) is 72.2 Å². The lowest BCUT2D eigenvalue weighted by Gasteiger charge is -2.41. The maximum Gasteiger partial charge on any atom is 0.242 e. The predicted molar refractivity (Wildman–Crippen MR) is 89.1 cm³/mol. The van der Waals surface area contributed by atoms with Crippen molar-refractivity contribution in [3.05, 3.63) is 28.8 Å². The van der Waals surface area contributed by atoms with Crippen molar-refractivity contribution in [2.45, 2.75) is 37.5 Å². The number of thiocarbonyl (C=S) groups is 1. The van der Waals surface area contributed by atoms with Gasteiger partial charge in [-0.15, -0.1) is 0 Å². The van der Waals surface area contributed by atoms with Gasteiger partial charge in [0.2, 0.25) is 10.0 Å². The first kappa shape index (κ1) is 16.7. The Kier molecular flexibility index (Phi) is 4.92. The van der Waals surface area contributed by atoms with Crippen LogP contribution in [0.4, 0.5) is 0 Å². The van der Waals surface area contributed by atoms with E-state index in [4.69, 9.17) is 29.6 Å². The van der Waals surface area contributed by atoms with Gasteiger partial charge < -0.3 is 5.73 Å². The minimum atomic E-state index is -3.66. The zero-order chi connectivity index (χ0) is 15.7. The largest absolute Gasteiger partial charge is 0.389 e. The first-order valence-electron chi connectivity index (χ1n) is 6.89. The molecule has 0 saturated heterocycles. The van der Waals surface area contributed by atoms with Gasteiger partial charge in [-0.25, -0.2) is 13.1 Å². The molecule has 0 atom stereocenters. The average molecular weight is 347 g/mol. The van der Waals surface area contributed by atoms with E-state index < -0.39 is 10.0 Å². The lowest BCUT2D eigenvalue weighted by atomic mass is 9.67. The molecule has 0 unspecified atom stereocenters. The van der Waals surface area contributed by atoms with Gasteiger partial charge in [-0.1, -0.05) is 43.2 Å². The van der Waals surface area contributed by atoms with E-state index in [9.17, 15) is 8.42 Å². The van der Waals surface area contributed by atoms with E-state index in [-0.39, 0.29) is 20.3 Å². The van der Waals surface area contributed by atoms with Crippen LogP contribution in [0.1, 0.15) is 38.2 Å². The average Bonchev–Trinajstić information content (AvgIpc) is 2.38. The first-order valence-corrected chi connectivity index (χ1v) is 9.16. The molecule has 7 heteroatoms. The number of hydrogen-bond acceptors (Lipinski definition) is 3. The van der Waals surface area contributed by atoms with E-state index in [0.29, 0.717) is 12.1 Å². The molecule has 2 rings (SSSR count). The highest BCUT2D eigenvalue weighted by atomic mass is 35.5. The Labute approximate surface area is 136 Å². The summed E-state index contributed by atoms with van der Waals surface area (Å²) in [5, 5.41) is 0.168. The third-order valence-corrected chi connectivity index (χ3v) is 6.43. The van der Waals surface area contributed by atoms with E-state index in [0.717, 1.165) is 25.7 Å². The summed E-state index contributed by atoms with van der Waals surface area (Å²) in [7, 11) is -3.66. The predicted octanol–water partition coefficient (Wildman–Crippen LogP) is 2.83. The number of nitrogens with two attached hydrogens (primary N) is 1. The molecule has 1 aromatic carbocycles. The Morgan fingerprint density at radius 2 is 2.14 bits per heavy atom.